The summed E-state index contributed by atoms with van der Waals surface area (Å²) in [5.74, 6) is -1.76. The van der Waals surface area contributed by atoms with Crippen LogP contribution in [0.25, 0.3) is 0 Å². The third kappa shape index (κ3) is 4.89. The second-order valence-corrected chi connectivity index (χ2v) is 6.90. The van der Waals surface area contributed by atoms with Crippen LogP contribution in [0.3, 0.4) is 0 Å². The van der Waals surface area contributed by atoms with E-state index in [1.54, 1.807) is 34.6 Å². The molecule has 1 unspecified atom stereocenters. The van der Waals surface area contributed by atoms with Gasteiger partial charge in [-0.1, -0.05) is 13.8 Å². The van der Waals surface area contributed by atoms with Crippen LogP contribution in [0.15, 0.2) is 0 Å². The Kier molecular flexibility index (Phi) is 5.79. The van der Waals surface area contributed by atoms with E-state index in [0.29, 0.717) is 19.4 Å². The van der Waals surface area contributed by atoms with Gasteiger partial charge in [0.05, 0.1) is 0 Å². The van der Waals surface area contributed by atoms with Gasteiger partial charge in [-0.25, -0.2) is 9.59 Å². The van der Waals surface area contributed by atoms with Gasteiger partial charge in [0.1, 0.15) is 17.7 Å². The van der Waals surface area contributed by atoms with Crippen LogP contribution < -0.4 is 5.32 Å². The lowest BCUT2D eigenvalue weighted by atomic mass is 10.0. The topological polar surface area (TPSA) is 95.9 Å². The minimum Gasteiger partial charge on any atom is -0.480 e. The van der Waals surface area contributed by atoms with E-state index in [0.717, 1.165) is 0 Å². The molecular formula is C15H26N2O5. The highest BCUT2D eigenvalue weighted by Gasteiger charge is 2.38. The molecule has 1 heterocycles. The summed E-state index contributed by atoms with van der Waals surface area (Å²) >= 11 is 0. The number of aliphatic carboxylic acids is 1. The third-order valence-electron chi connectivity index (χ3n) is 3.41. The van der Waals surface area contributed by atoms with Crippen LogP contribution in [-0.2, 0) is 14.3 Å². The zero-order valence-electron chi connectivity index (χ0n) is 13.9. The molecule has 7 heteroatoms. The Labute approximate surface area is 131 Å². The van der Waals surface area contributed by atoms with Crippen molar-refractivity contribution in [2.75, 3.05) is 6.54 Å². The summed E-state index contributed by atoms with van der Waals surface area (Å²) in [5.41, 5.74) is -0.637. The first-order valence-corrected chi connectivity index (χ1v) is 7.55. The van der Waals surface area contributed by atoms with Crippen molar-refractivity contribution in [3.8, 4) is 0 Å². The van der Waals surface area contributed by atoms with Gasteiger partial charge in [0.25, 0.3) is 0 Å². The van der Waals surface area contributed by atoms with Crippen molar-refractivity contribution in [3.63, 3.8) is 0 Å². The highest BCUT2D eigenvalue weighted by Crippen LogP contribution is 2.21. The summed E-state index contributed by atoms with van der Waals surface area (Å²) in [4.78, 5) is 37.0. The van der Waals surface area contributed by atoms with Gasteiger partial charge in [0.2, 0.25) is 5.91 Å². The molecular weight excluding hydrogens is 288 g/mol. The van der Waals surface area contributed by atoms with Gasteiger partial charge in [-0.15, -0.1) is 0 Å². The number of ether oxygens (including phenoxy) is 1. The number of hydrogen-bond acceptors (Lipinski definition) is 4. The van der Waals surface area contributed by atoms with Crippen molar-refractivity contribution in [3.05, 3.63) is 0 Å². The van der Waals surface area contributed by atoms with Crippen LogP contribution in [0.2, 0.25) is 0 Å². The average molecular weight is 314 g/mol. The summed E-state index contributed by atoms with van der Waals surface area (Å²) < 4.78 is 5.29. The molecule has 0 aromatic carbocycles. The van der Waals surface area contributed by atoms with Crippen molar-refractivity contribution < 1.29 is 24.2 Å². The van der Waals surface area contributed by atoms with Crippen molar-refractivity contribution in [1.29, 1.82) is 0 Å². The molecule has 1 aliphatic heterocycles. The zero-order valence-corrected chi connectivity index (χ0v) is 13.9. The summed E-state index contributed by atoms with van der Waals surface area (Å²) in [6, 6.07) is -1.64. The molecule has 2 atom stereocenters. The lowest BCUT2D eigenvalue weighted by molar-refractivity contribution is -0.143. The normalized spacial score (nSPS) is 19.9. The van der Waals surface area contributed by atoms with E-state index in [4.69, 9.17) is 9.84 Å². The van der Waals surface area contributed by atoms with E-state index in [9.17, 15) is 14.4 Å². The fourth-order valence-electron chi connectivity index (χ4n) is 2.34. The van der Waals surface area contributed by atoms with Crippen LogP contribution in [0, 0.1) is 5.92 Å². The van der Waals surface area contributed by atoms with Crippen LogP contribution in [0.4, 0.5) is 4.79 Å². The number of carbonyl (C=O) groups excluding carboxylic acids is 2. The van der Waals surface area contributed by atoms with Crippen LogP contribution in [0.1, 0.15) is 47.5 Å². The molecule has 0 bridgehead atoms. The second-order valence-electron chi connectivity index (χ2n) is 6.90. The lowest BCUT2D eigenvalue weighted by Crippen LogP contribution is -2.53. The molecule has 0 aromatic heterocycles. The van der Waals surface area contributed by atoms with E-state index >= 15 is 0 Å². The molecule has 0 radical (unpaired) electrons. The number of hydrogen-bond donors (Lipinski definition) is 2. The minimum atomic E-state index is -1.08. The highest BCUT2D eigenvalue weighted by atomic mass is 16.6. The Bertz CT molecular complexity index is 442. The number of rotatable bonds is 4. The Hall–Kier alpha value is -1.79. The molecule has 0 aliphatic carbocycles. The first-order valence-electron chi connectivity index (χ1n) is 7.55. The summed E-state index contributed by atoms with van der Waals surface area (Å²) in [6.07, 6.45) is 0.660. The molecule has 2 N–H and O–H groups in total. The molecule has 22 heavy (non-hydrogen) atoms. The van der Waals surface area contributed by atoms with E-state index in [2.05, 4.69) is 5.32 Å². The standard InChI is InChI=1S/C15H26N2O5/c1-9(2)11(13(19)20)16-12(18)10-7-6-8-17(10)14(21)22-15(3,4)5/h9-11H,6-8H2,1-5H3,(H,16,18)(H,19,20)/t10?,11-/m0/s1. The predicted octanol–water partition coefficient (Wildman–Crippen LogP) is 1.61. The van der Waals surface area contributed by atoms with Gasteiger partial charge < -0.3 is 15.2 Å². The molecule has 2 amide bonds. The highest BCUT2D eigenvalue weighted by molar-refractivity contribution is 5.89. The Morgan fingerprint density at radius 1 is 1.27 bits per heavy atom. The fourth-order valence-corrected chi connectivity index (χ4v) is 2.34. The van der Waals surface area contributed by atoms with Crippen LogP contribution in [0.5, 0.6) is 0 Å². The van der Waals surface area contributed by atoms with Gasteiger partial charge in [0.15, 0.2) is 0 Å². The van der Waals surface area contributed by atoms with E-state index in [-0.39, 0.29) is 5.92 Å². The smallest absolute Gasteiger partial charge is 0.410 e. The summed E-state index contributed by atoms with van der Waals surface area (Å²) in [6.45, 7) is 9.16. The second kappa shape index (κ2) is 6.98. The number of amides is 2. The first kappa shape index (κ1) is 18.3. The molecule has 1 aliphatic rings. The van der Waals surface area contributed by atoms with Crippen LogP contribution >= 0.6 is 0 Å². The van der Waals surface area contributed by atoms with Gasteiger partial charge in [-0.2, -0.15) is 0 Å². The molecule has 1 fully saturated rings. The number of nitrogens with one attached hydrogen (secondary N) is 1. The first-order chi connectivity index (χ1) is 10.0. The predicted molar refractivity (Wildman–Crippen MR) is 80.4 cm³/mol. The van der Waals surface area contributed by atoms with E-state index < -0.39 is 35.7 Å². The SMILES string of the molecule is CC(C)[C@H](NC(=O)C1CCCN1C(=O)OC(C)(C)C)C(=O)O. The van der Waals surface area contributed by atoms with Crippen molar-refractivity contribution in [1.82, 2.24) is 10.2 Å². The molecule has 1 saturated heterocycles. The average Bonchev–Trinajstić information content (AvgIpc) is 2.81. The van der Waals surface area contributed by atoms with Crippen molar-refractivity contribution >= 4 is 18.0 Å². The third-order valence-corrected chi connectivity index (χ3v) is 3.41. The Morgan fingerprint density at radius 2 is 1.86 bits per heavy atom. The summed E-state index contributed by atoms with van der Waals surface area (Å²) in [7, 11) is 0. The maximum atomic E-state index is 12.3. The lowest BCUT2D eigenvalue weighted by Gasteiger charge is -2.29. The van der Waals surface area contributed by atoms with E-state index in [1.165, 1.54) is 4.90 Å². The maximum absolute atomic E-state index is 12.3. The minimum absolute atomic E-state index is 0.238. The molecule has 0 aromatic rings. The number of likely N-dealkylation sites (tertiary alicyclic amines) is 1. The molecule has 0 saturated carbocycles. The molecule has 1 rings (SSSR count). The Morgan fingerprint density at radius 3 is 2.32 bits per heavy atom. The van der Waals surface area contributed by atoms with Gasteiger partial charge >= 0.3 is 12.1 Å². The van der Waals surface area contributed by atoms with Gasteiger partial charge in [0, 0.05) is 6.54 Å². The van der Waals surface area contributed by atoms with Crippen molar-refractivity contribution in [2.45, 2.75) is 65.1 Å². The zero-order chi connectivity index (χ0) is 17.1. The Balaban J connectivity index is 2.75. The quantitative estimate of drug-likeness (QED) is 0.822. The molecule has 0 spiro atoms. The monoisotopic (exact) mass is 314 g/mol. The fraction of sp³-hybridized carbons (Fsp3) is 0.800. The molecule has 126 valence electrons. The van der Waals surface area contributed by atoms with E-state index in [1.807, 2.05) is 0 Å². The summed E-state index contributed by atoms with van der Waals surface area (Å²) in [5, 5.41) is 11.7. The number of carbonyl (C=O) groups is 3. The van der Waals surface area contributed by atoms with Gasteiger partial charge in [-0.05, 0) is 39.5 Å². The maximum Gasteiger partial charge on any atom is 0.410 e. The van der Waals surface area contributed by atoms with Gasteiger partial charge in [-0.3, -0.25) is 9.69 Å². The molecule has 7 nitrogen and oxygen atoms in total. The number of carboxylic acids is 1. The number of carboxylic acid groups (broad SMARTS) is 1. The van der Waals surface area contributed by atoms with Crippen molar-refractivity contribution in [2.24, 2.45) is 5.92 Å². The van der Waals surface area contributed by atoms with Crippen LogP contribution in [-0.4, -0.2) is 52.2 Å². The number of nitrogens with zero attached hydrogens (tertiary/aromatic N) is 1. The largest absolute Gasteiger partial charge is 0.480 e.